The van der Waals surface area contributed by atoms with Crippen LogP contribution in [-0.4, -0.2) is 29.6 Å². The van der Waals surface area contributed by atoms with Crippen molar-refractivity contribution in [2.75, 3.05) is 25.2 Å². The molecule has 0 bridgehead atoms. The number of carbonyl (C=O) groups is 1. The first-order valence-corrected chi connectivity index (χ1v) is 6.55. The van der Waals surface area contributed by atoms with Crippen molar-refractivity contribution in [1.82, 2.24) is 0 Å². The summed E-state index contributed by atoms with van der Waals surface area (Å²) in [5, 5.41) is 0. The van der Waals surface area contributed by atoms with Crippen molar-refractivity contribution in [2.24, 2.45) is 5.73 Å². The fourth-order valence-corrected chi connectivity index (χ4v) is 2.41. The van der Waals surface area contributed by atoms with E-state index < -0.39 is 16.7 Å². The van der Waals surface area contributed by atoms with E-state index in [1.54, 1.807) is 19.2 Å². The Bertz CT molecular complexity index is 435. The van der Waals surface area contributed by atoms with Crippen LogP contribution in [-0.2, 0) is 21.3 Å². The maximum atomic E-state index is 11.6. The van der Waals surface area contributed by atoms with Crippen LogP contribution in [0.4, 0.5) is 5.69 Å². The third-order valence-corrected chi connectivity index (χ3v) is 3.52. The van der Waals surface area contributed by atoms with Crippen LogP contribution in [0.3, 0.4) is 0 Å². The Hall–Kier alpha value is -1.40. The Morgan fingerprint density at radius 2 is 2.18 bits per heavy atom. The van der Waals surface area contributed by atoms with E-state index in [1.807, 2.05) is 0 Å². The van der Waals surface area contributed by atoms with Crippen LogP contribution in [0, 0.1) is 0 Å². The normalized spacial score (nSPS) is 12.3. The number of primary amides is 1. The fraction of sp³-hybridized carbons (Fsp3) is 0.364. The lowest BCUT2D eigenvalue weighted by atomic mass is 10.1. The molecule has 1 aromatic carbocycles. The maximum Gasteiger partial charge on any atom is 0.248 e. The van der Waals surface area contributed by atoms with Gasteiger partial charge in [0.2, 0.25) is 5.91 Å². The van der Waals surface area contributed by atoms with Gasteiger partial charge in [0.05, 0.1) is 12.4 Å². The molecule has 0 fully saturated rings. The van der Waals surface area contributed by atoms with Crippen molar-refractivity contribution in [3.8, 4) is 0 Å². The topological polar surface area (TPSA) is 95.4 Å². The van der Waals surface area contributed by atoms with E-state index in [1.165, 1.54) is 6.07 Å². The molecule has 6 heteroatoms. The Morgan fingerprint density at radius 3 is 2.71 bits per heavy atom. The molecule has 1 unspecified atom stereocenters. The van der Waals surface area contributed by atoms with Crippen molar-refractivity contribution < 1.29 is 13.7 Å². The third kappa shape index (κ3) is 4.16. The summed E-state index contributed by atoms with van der Waals surface area (Å²) in [6.45, 7) is 0.450. The minimum atomic E-state index is -1.02. The van der Waals surface area contributed by atoms with Crippen molar-refractivity contribution in [3.05, 3.63) is 29.3 Å². The van der Waals surface area contributed by atoms with E-state index in [0.717, 1.165) is 5.56 Å². The Balaban J connectivity index is 2.72. The van der Waals surface area contributed by atoms with Crippen LogP contribution in [0.1, 0.15) is 15.9 Å². The summed E-state index contributed by atoms with van der Waals surface area (Å²) in [5.41, 5.74) is 12.4. The van der Waals surface area contributed by atoms with E-state index >= 15 is 0 Å². The highest BCUT2D eigenvalue weighted by Crippen LogP contribution is 2.16. The zero-order valence-corrected chi connectivity index (χ0v) is 10.5. The summed E-state index contributed by atoms with van der Waals surface area (Å²) in [5.74, 6) is 0.297. The molecule has 0 heterocycles. The third-order valence-electron chi connectivity index (χ3n) is 2.26. The predicted octanol–water partition coefficient (Wildman–Crippen LogP) is 0.263. The number of nitrogens with two attached hydrogens (primary N) is 2. The molecule has 1 atom stereocenters. The van der Waals surface area contributed by atoms with Gasteiger partial charge < -0.3 is 16.2 Å². The van der Waals surface area contributed by atoms with Crippen molar-refractivity contribution in [3.63, 3.8) is 0 Å². The molecule has 0 saturated heterocycles. The van der Waals surface area contributed by atoms with Crippen molar-refractivity contribution in [2.45, 2.75) is 5.75 Å². The van der Waals surface area contributed by atoms with Crippen LogP contribution in [0.2, 0.25) is 0 Å². The van der Waals surface area contributed by atoms with E-state index in [-0.39, 0.29) is 0 Å². The summed E-state index contributed by atoms with van der Waals surface area (Å²) in [6, 6.07) is 4.77. The summed E-state index contributed by atoms with van der Waals surface area (Å²) < 4.78 is 16.5. The summed E-state index contributed by atoms with van der Waals surface area (Å²) in [6.07, 6.45) is 0. The van der Waals surface area contributed by atoms with Crippen molar-refractivity contribution in [1.29, 1.82) is 0 Å². The van der Waals surface area contributed by atoms with Gasteiger partial charge in [-0.15, -0.1) is 0 Å². The van der Waals surface area contributed by atoms with Crippen LogP contribution in [0.5, 0.6) is 0 Å². The molecule has 0 aliphatic rings. The molecule has 4 N–H and O–H groups in total. The zero-order chi connectivity index (χ0) is 12.8. The molecule has 1 amide bonds. The monoisotopic (exact) mass is 256 g/mol. The number of amides is 1. The molecule has 0 aliphatic carbocycles. The summed E-state index contributed by atoms with van der Waals surface area (Å²) in [4.78, 5) is 10.9. The number of benzene rings is 1. The van der Waals surface area contributed by atoms with Crippen LogP contribution < -0.4 is 11.5 Å². The number of carbonyl (C=O) groups excluding carboxylic acids is 1. The van der Waals surface area contributed by atoms with Gasteiger partial charge in [-0.2, -0.15) is 0 Å². The average molecular weight is 256 g/mol. The quantitative estimate of drug-likeness (QED) is 0.714. The number of ether oxygens (including phenoxy) is 1. The molecule has 5 nitrogen and oxygen atoms in total. The first kappa shape index (κ1) is 13.7. The molecule has 1 rings (SSSR count). The largest absolute Gasteiger partial charge is 0.398 e. The molecule has 0 spiro atoms. The van der Waals surface area contributed by atoms with Crippen LogP contribution in [0.15, 0.2) is 18.2 Å². The second-order valence-corrected chi connectivity index (χ2v) is 5.14. The highest BCUT2D eigenvalue weighted by molar-refractivity contribution is 7.84. The number of anilines is 1. The number of methoxy groups -OCH3 is 1. The summed E-state index contributed by atoms with van der Waals surface area (Å²) >= 11 is 0. The van der Waals surface area contributed by atoms with Gasteiger partial charge in [0.1, 0.15) is 0 Å². The molecule has 0 aliphatic heterocycles. The van der Waals surface area contributed by atoms with Gasteiger partial charge in [-0.3, -0.25) is 9.00 Å². The molecular weight excluding hydrogens is 240 g/mol. The lowest BCUT2D eigenvalue weighted by Crippen LogP contribution is -2.12. The van der Waals surface area contributed by atoms with Gasteiger partial charge in [0.15, 0.2) is 0 Å². The van der Waals surface area contributed by atoms with E-state index in [0.29, 0.717) is 29.4 Å². The van der Waals surface area contributed by atoms with Gasteiger partial charge in [-0.1, -0.05) is 6.07 Å². The second-order valence-electron chi connectivity index (χ2n) is 3.56. The fourth-order valence-electron chi connectivity index (χ4n) is 1.30. The summed E-state index contributed by atoms with van der Waals surface area (Å²) in [7, 11) is 0.543. The average Bonchev–Trinajstić information content (AvgIpc) is 2.28. The molecule has 1 aromatic rings. The van der Waals surface area contributed by atoms with E-state index in [4.69, 9.17) is 16.2 Å². The first-order chi connectivity index (χ1) is 8.04. The number of hydrogen-bond acceptors (Lipinski definition) is 4. The van der Waals surface area contributed by atoms with Gasteiger partial charge in [0, 0.05) is 34.9 Å². The lowest BCUT2D eigenvalue weighted by Gasteiger charge is -2.07. The van der Waals surface area contributed by atoms with Crippen LogP contribution in [0.25, 0.3) is 0 Å². The number of rotatable bonds is 6. The van der Waals surface area contributed by atoms with E-state index in [9.17, 15) is 9.00 Å². The molecule has 0 aromatic heterocycles. The Labute approximate surface area is 103 Å². The molecular formula is C11H16N2O3S. The SMILES string of the molecule is COCCS(=O)Cc1ccc(C(N)=O)cc1N. The highest BCUT2D eigenvalue weighted by atomic mass is 32.2. The molecule has 0 saturated carbocycles. The Morgan fingerprint density at radius 1 is 1.47 bits per heavy atom. The van der Waals surface area contributed by atoms with Crippen LogP contribution >= 0.6 is 0 Å². The minimum absolute atomic E-state index is 0.355. The van der Waals surface area contributed by atoms with E-state index in [2.05, 4.69) is 0 Å². The first-order valence-electron chi connectivity index (χ1n) is 5.06. The standard InChI is InChI=1S/C11H16N2O3S/c1-16-4-5-17(15)7-9-3-2-8(11(13)14)6-10(9)12/h2-3,6H,4-5,7,12H2,1H3,(H2,13,14). The minimum Gasteiger partial charge on any atom is -0.398 e. The van der Waals surface area contributed by atoms with Gasteiger partial charge in [-0.05, 0) is 17.7 Å². The zero-order valence-electron chi connectivity index (χ0n) is 9.64. The Kier molecular flexibility index (Phi) is 5.11. The lowest BCUT2D eigenvalue weighted by molar-refractivity contribution is 0.100. The second kappa shape index (κ2) is 6.36. The predicted molar refractivity (Wildman–Crippen MR) is 68.0 cm³/mol. The van der Waals surface area contributed by atoms with Gasteiger partial charge >= 0.3 is 0 Å². The van der Waals surface area contributed by atoms with Crippen molar-refractivity contribution >= 4 is 22.4 Å². The smallest absolute Gasteiger partial charge is 0.248 e. The molecule has 0 radical (unpaired) electrons. The maximum absolute atomic E-state index is 11.6. The van der Waals surface area contributed by atoms with Gasteiger partial charge in [0.25, 0.3) is 0 Å². The molecule has 17 heavy (non-hydrogen) atoms. The van der Waals surface area contributed by atoms with Gasteiger partial charge in [-0.25, -0.2) is 0 Å². The molecule has 94 valence electrons. The number of hydrogen-bond donors (Lipinski definition) is 2. The number of nitrogen functional groups attached to an aromatic ring is 1. The highest BCUT2D eigenvalue weighted by Gasteiger charge is 2.08.